The fraction of sp³-hybridized carbons (Fsp3) is 0.294. The summed E-state index contributed by atoms with van der Waals surface area (Å²) in [4.78, 5) is 0. The second kappa shape index (κ2) is 5.43. The molecule has 0 atom stereocenters. The zero-order valence-corrected chi connectivity index (χ0v) is 13.7. The topological polar surface area (TPSA) is 0 Å². The molecule has 0 saturated carbocycles. The fourth-order valence-corrected chi connectivity index (χ4v) is 3.89. The van der Waals surface area contributed by atoms with Crippen LogP contribution in [-0.2, 0) is 5.41 Å². The van der Waals surface area contributed by atoms with Crippen molar-refractivity contribution in [1.82, 2.24) is 0 Å². The van der Waals surface area contributed by atoms with Crippen molar-refractivity contribution < 1.29 is 21.2 Å². The van der Waals surface area contributed by atoms with Crippen LogP contribution in [0, 0.1) is 14.1 Å². The van der Waals surface area contributed by atoms with Crippen molar-refractivity contribution in [3.05, 3.63) is 66.8 Å². The van der Waals surface area contributed by atoms with Crippen molar-refractivity contribution in [2.45, 2.75) is 33.1 Å². The summed E-state index contributed by atoms with van der Waals surface area (Å²) in [6, 6.07) is 18.1. The van der Waals surface area contributed by atoms with Crippen LogP contribution < -0.4 is 21.2 Å². The minimum Gasteiger partial charge on any atom is -0.0561 e. The average Bonchev–Trinajstić information content (AvgIpc) is 2.32. The van der Waals surface area contributed by atoms with Crippen molar-refractivity contribution in [1.29, 1.82) is 0 Å². The molecule has 1 heteroatoms. The lowest BCUT2D eigenvalue weighted by Crippen LogP contribution is -3.61. The maximum Gasteiger partial charge on any atom is 0.357 e. The Kier molecular flexibility index (Phi) is 4.10. The average molecular weight is 351 g/mol. The maximum absolute atomic E-state index is 2.30. The first kappa shape index (κ1) is 13.6. The monoisotopic (exact) mass is 351 g/mol. The Labute approximate surface area is 121 Å². The quantitative estimate of drug-likeness (QED) is 0.718. The molecule has 0 radical (unpaired) electrons. The summed E-state index contributed by atoms with van der Waals surface area (Å²) in [6.07, 6.45) is 0. The Morgan fingerprint density at radius 2 is 1.17 bits per heavy atom. The predicted octanol–water partition coefficient (Wildman–Crippen LogP) is 1.42. The van der Waals surface area contributed by atoms with Crippen LogP contribution in [0.5, 0.6) is 0 Å². The predicted molar refractivity (Wildman–Crippen MR) is 73.7 cm³/mol. The molecule has 0 spiro atoms. The van der Waals surface area contributed by atoms with E-state index in [1.165, 1.54) is 18.3 Å². The van der Waals surface area contributed by atoms with E-state index in [9.17, 15) is 0 Å². The van der Waals surface area contributed by atoms with Gasteiger partial charge in [0.05, 0.1) is 0 Å². The maximum atomic E-state index is 2.30. The molecule has 2 rings (SSSR count). The van der Waals surface area contributed by atoms with Crippen LogP contribution in [0.1, 0.15) is 31.9 Å². The first-order valence-corrected chi connectivity index (χ1v) is 8.43. The van der Waals surface area contributed by atoms with Gasteiger partial charge in [-0.1, -0.05) is 50.6 Å². The molecule has 0 aliphatic heterocycles. The lowest BCUT2D eigenvalue weighted by Gasteiger charge is -2.18. The minimum absolute atomic E-state index is 0.0336. The van der Waals surface area contributed by atoms with Crippen LogP contribution in [-0.4, -0.2) is 0 Å². The molecule has 18 heavy (non-hydrogen) atoms. The highest BCUT2D eigenvalue weighted by atomic mass is 127. The van der Waals surface area contributed by atoms with Crippen molar-refractivity contribution in [2.75, 3.05) is 0 Å². The van der Waals surface area contributed by atoms with Crippen molar-refractivity contribution in [3.63, 3.8) is 0 Å². The van der Waals surface area contributed by atoms with E-state index in [2.05, 4.69) is 76.2 Å². The van der Waals surface area contributed by atoms with E-state index in [1.54, 1.807) is 0 Å². The highest BCUT2D eigenvalue weighted by Crippen LogP contribution is 2.20. The summed E-state index contributed by atoms with van der Waals surface area (Å²) in [6.45, 7) is 8.92. The molecule has 0 N–H and O–H groups in total. The van der Waals surface area contributed by atoms with E-state index in [4.69, 9.17) is 0 Å². The SMILES string of the molecule is Cc1ccc([I+]c2ccc(C(C)(C)C)cc2)cc1. The Hall–Kier alpha value is -0.830. The van der Waals surface area contributed by atoms with Gasteiger partial charge >= 0.3 is 21.2 Å². The van der Waals surface area contributed by atoms with Gasteiger partial charge < -0.3 is 0 Å². The van der Waals surface area contributed by atoms with Crippen LogP contribution in [0.2, 0.25) is 0 Å². The van der Waals surface area contributed by atoms with Gasteiger partial charge in [-0.25, -0.2) is 0 Å². The van der Waals surface area contributed by atoms with E-state index >= 15 is 0 Å². The molecule has 2 aromatic rings. The summed E-state index contributed by atoms with van der Waals surface area (Å²) in [5, 5.41) is 0. The molecule has 2 aromatic carbocycles. The molecular formula is C17H20I+. The van der Waals surface area contributed by atoms with E-state index in [0.717, 1.165) is 0 Å². The van der Waals surface area contributed by atoms with E-state index in [-0.39, 0.29) is 26.6 Å². The van der Waals surface area contributed by atoms with Crippen molar-refractivity contribution in [2.24, 2.45) is 0 Å². The zero-order chi connectivity index (χ0) is 13.2. The van der Waals surface area contributed by atoms with Gasteiger partial charge in [-0.2, -0.15) is 0 Å². The summed E-state index contributed by atoms with van der Waals surface area (Å²) in [5.41, 5.74) is 3.01. The molecule has 0 aromatic heterocycles. The van der Waals surface area contributed by atoms with Crippen molar-refractivity contribution in [3.8, 4) is 0 Å². The minimum atomic E-state index is -0.0336. The van der Waals surface area contributed by atoms with Gasteiger partial charge in [0.15, 0.2) is 7.14 Å². The smallest absolute Gasteiger partial charge is 0.0561 e. The summed E-state index contributed by atoms with van der Waals surface area (Å²) >= 11 is -0.0336. The standard InChI is InChI=1S/C17H20I/c1-13-5-9-15(10-6-13)18-16-11-7-14(8-12-16)17(2,3)4/h5-12H,1-4H3/q+1. The number of benzene rings is 2. The third-order valence-corrected chi connectivity index (χ3v) is 5.62. The van der Waals surface area contributed by atoms with Crippen LogP contribution in [0.3, 0.4) is 0 Å². The van der Waals surface area contributed by atoms with Crippen LogP contribution in [0.25, 0.3) is 0 Å². The Morgan fingerprint density at radius 3 is 1.61 bits per heavy atom. The van der Waals surface area contributed by atoms with Gasteiger partial charge in [-0.15, -0.1) is 0 Å². The molecule has 0 amide bonds. The number of hydrogen-bond donors (Lipinski definition) is 0. The summed E-state index contributed by atoms with van der Waals surface area (Å²) in [5.74, 6) is 0. The number of aryl methyl sites for hydroxylation is 1. The van der Waals surface area contributed by atoms with E-state index in [0.29, 0.717) is 0 Å². The highest BCUT2D eigenvalue weighted by Gasteiger charge is 2.18. The molecular weight excluding hydrogens is 331 g/mol. The molecule has 0 fully saturated rings. The third kappa shape index (κ3) is 3.58. The third-order valence-electron chi connectivity index (χ3n) is 2.94. The van der Waals surface area contributed by atoms with Crippen molar-refractivity contribution >= 4 is 0 Å². The molecule has 0 saturated heterocycles. The largest absolute Gasteiger partial charge is 0.357 e. The van der Waals surface area contributed by atoms with E-state index < -0.39 is 0 Å². The van der Waals surface area contributed by atoms with Gasteiger partial charge in [-0.3, -0.25) is 0 Å². The molecule has 0 unspecified atom stereocenters. The Bertz CT molecular complexity index is 501. The zero-order valence-electron chi connectivity index (χ0n) is 11.5. The van der Waals surface area contributed by atoms with Gasteiger partial charge in [0.1, 0.15) is 0 Å². The number of hydrogen-bond acceptors (Lipinski definition) is 0. The van der Waals surface area contributed by atoms with E-state index in [1.807, 2.05) is 0 Å². The van der Waals surface area contributed by atoms with Gasteiger partial charge in [0.2, 0.25) is 0 Å². The Balaban J connectivity index is 2.13. The van der Waals surface area contributed by atoms with Gasteiger partial charge in [0, 0.05) is 0 Å². The van der Waals surface area contributed by atoms with Crippen LogP contribution in [0.15, 0.2) is 48.5 Å². The van der Waals surface area contributed by atoms with Gasteiger partial charge in [0.25, 0.3) is 0 Å². The molecule has 0 heterocycles. The highest BCUT2D eigenvalue weighted by molar-refractivity contribution is 5.22. The normalized spacial score (nSPS) is 11.6. The molecule has 0 aliphatic rings. The first-order chi connectivity index (χ1) is 8.45. The first-order valence-electron chi connectivity index (χ1n) is 6.27. The van der Waals surface area contributed by atoms with Crippen LogP contribution >= 0.6 is 0 Å². The number of rotatable bonds is 2. The van der Waals surface area contributed by atoms with Gasteiger partial charge in [-0.05, 0) is 42.2 Å². The summed E-state index contributed by atoms with van der Waals surface area (Å²) in [7, 11) is 0. The fourth-order valence-electron chi connectivity index (χ4n) is 1.74. The molecule has 0 nitrogen and oxygen atoms in total. The molecule has 94 valence electrons. The van der Waals surface area contributed by atoms with Crippen LogP contribution in [0.4, 0.5) is 0 Å². The second-order valence-corrected chi connectivity index (χ2v) is 8.68. The Morgan fingerprint density at radius 1 is 0.722 bits per heavy atom. The summed E-state index contributed by atoms with van der Waals surface area (Å²) < 4.78 is 2.98. The number of halogens is 1. The molecule has 0 bridgehead atoms. The lowest BCUT2D eigenvalue weighted by atomic mass is 9.87. The lowest BCUT2D eigenvalue weighted by molar-refractivity contribution is -0.597. The molecule has 0 aliphatic carbocycles. The second-order valence-electron chi connectivity index (χ2n) is 5.65.